The highest BCUT2D eigenvalue weighted by Gasteiger charge is 2.06. The topological polar surface area (TPSA) is 67.1 Å². The number of nitrogens with zero attached hydrogens (tertiary/aromatic N) is 4. The van der Waals surface area contributed by atoms with E-state index < -0.39 is 0 Å². The third-order valence-electron chi connectivity index (χ3n) is 3.97. The minimum Gasteiger partial charge on any atom is -0.357 e. The molecule has 0 aliphatic rings. The summed E-state index contributed by atoms with van der Waals surface area (Å²) in [7, 11) is 0. The number of hydrogen-bond donors (Lipinski definition) is 2. The van der Waals surface area contributed by atoms with Crippen LogP contribution in [0.1, 0.15) is 18.3 Å². The highest BCUT2D eigenvalue weighted by Crippen LogP contribution is 2.09. The minimum absolute atomic E-state index is 0.215. The van der Waals surface area contributed by atoms with Crippen molar-refractivity contribution in [3.63, 3.8) is 0 Å². The molecule has 0 spiro atoms. The highest BCUT2D eigenvalue weighted by atomic mass is 19.1. The van der Waals surface area contributed by atoms with Gasteiger partial charge in [0, 0.05) is 18.8 Å². The maximum Gasteiger partial charge on any atom is 0.191 e. The molecule has 0 atom stereocenters. The smallest absolute Gasteiger partial charge is 0.191 e. The lowest BCUT2D eigenvalue weighted by molar-refractivity contribution is 0.625. The molecule has 3 aromatic rings. The molecule has 0 fully saturated rings. The van der Waals surface area contributed by atoms with Gasteiger partial charge in [0.1, 0.15) is 18.7 Å². The lowest BCUT2D eigenvalue weighted by Gasteiger charge is -2.11. The number of aromatic nitrogens is 3. The van der Waals surface area contributed by atoms with Gasteiger partial charge in [0.2, 0.25) is 0 Å². The predicted molar refractivity (Wildman–Crippen MR) is 104 cm³/mol. The van der Waals surface area contributed by atoms with Crippen molar-refractivity contribution in [1.82, 2.24) is 25.4 Å². The first-order valence-electron chi connectivity index (χ1n) is 8.97. The quantitative estimate of drug-likeness (QED) is 0.498. The Hall–Kier alpha value is -3.22. The van der Waals surface area contributed by atoms with Gasteiger partial charge in [0.15, 0.2) is 11.8 Å². The summed E-state index contributed by atoms with van der Waals surface area (Å²) in [6, 6.07) is 16.5. The maximum absolute atomic E-state index is 13.3. The molecule has 2 N–H and O–H groups in total. The van der Waals surface area contributed by atoms with Crippen molar-refractivity contribution < 1.29 is 4.39 Å². The molecule has 1 heterocycles. The first kappa shape index (κ1) is 18.6. The molecule has 0 radical (unpaired) electrons. The van der Waals surface area contributed by atoms with Crippen LogP contribution in [0.4, 0.5) is 4.39 Å². The van der Waals surface area contributed by atoms with E-state index in [4.69, 9.17) is 0 Å². The van der Waals surface area contributed by atoms with Gasteiger partial charge < -0.3 is 10.6 Å². The molecule has 3 rings (SSSR count). The fourth-order valence-corrected chi connectivity index (χ4v) is 2.68. The Kier molecular flexibility index (Phi) is 6.51. The monoisotopic (exact) mass is 366 g/mol. The Balaban J connectivity index is 1.62. The van der Waals surface area contributed by atoms with Gasteiger partial charge in [0.25, 0.3) is 0 Å². The van der Waals surface area contributed by atoms with E-state index in [0.29, 0.717) is 25.5 Å². The average molecular weight is 366 g/mol. The molecule has 0 saturated carbocycles. The summed E-state index contributed by atoms with van der Waals surface area (Å²) in [4.78, 5) is 4.59. The molecule has 0 aliphatic carbocycles. The molecule has 0 saturated heterocycles. The zero-order valence-corrected chi connectivity index (χ0v) is 15.3. The van der Waals surface area contributed by atoms with Crippen LogP contribution in [0, 0.1) is 5.82 Å². The molecule has 0 unspecified atom stereocenters. The molecule has 140 valence electrons. The zero-order chi connectivity index (χ0) is 18.9. The van der Waals surface area contributed by atoms with Gasteiger partial charge in [-0.15, -0.1) is 10.2 Å². The third-order valence-corrected chi connectivity index (χ3v) is 3.97. The van der Waals surface area contributed by atoms with Crippen molar-refractivity contribution >= 4 is 5.96 Å². The van der Waals surface area contributed by atoms with Crippen molar-refractivity contribution in [2.75, 3.05) is 13.1 Å². The molecule has 1 aromatic heterocycles. The van der Waals surface area contributed by atoms with Gasteiger partial charge in [-0.1, -0.05) is 30.3 Å². The van der Waals surface area contributed by atoms with Crippen LogP contribution in [-0.2, 0) is 13.0 Å². The number of aliphatic imine (C=N–C) groups is 1. The lowest BCUT2D eigenvalue weighted by Crippen LogP contribution is -2.38. The number of benzene rings is 2. The summed E-state index contributed by atoms with van der Waals surface area (Å²) < 4.78 is 15.2. The molecule has 0 aliphatic heterocycles. The molecule has 27 heavy (non-hydrogen) atoms. The second kappa shape index (κ2) is 9.47. The standard InChI is InChI=1S/C20H23FN6/c1-2-22-20(23-12-11-16-7-6-8-17(21)13-16)24-14-19-26-25-15-27(19)18-9-4-3-5-10-18/h3-10,13,15H,2,11-12,14H2,1H3,(H2,22,23,24). The normalized spacial score (nSPS) is 11.4. The zero-order valence-electron chi connectivity index (χ0n) is 15.3. The van der Waals surface area contributed by atoms with Crippen molar-refractivity contribution in [3.05, 3.63) is 78.1 Å². The third kappa shape index (κ3) is 5.37. The van der Waals surface area contributed by atoms with Crippen molar-refractivity contribution in [2.45, 2.75) is 19.9 Å². The highest BCUT2D eigenvalue weighted by molar-refractivity contribution is 5.79. The molecule has 2 aromatic carbocycles. The van der Waals surface area contributed by atoms with Crippen molar-refractivity contribution in [2.24, 2.45) is 4.99 Å². The van der Waals surface area contributed by atoms with Gasteiger partial charge in [-0.25, -0.2) is 9.38 Å². The Labute approximate surface area is 158 Å². The fourth-order valence-electron chi connectivity index (χ4n) is 2.68. The Morgan fingerprint density at radius 3 is 2.74 bits per heavy atom. The lowest BCUT2D eigenvalue weighted by atomic mass is 10.1. The van der Waals surface area contributed by atoms with Crippen LogP contribution in [0.2, 0.25) is 0 Å². The number of nitrogens with one attached hydrogen (secondary N) is 2. The second-order valence-electron chi connectivity index (χ2n) is 5.95. The average Bonchev–Trinajstić information content (AvgIpc) is 3.15. The number of para-hydroxylation sites is 1. The van der Waals surface area contributed by atoms with Gasteiger partial charge in [-0.2, -0.15) is 0 Å². The molecule has 7 heteroatoms. The second-order valence-corrected chi connectivity index (χ2v) is 5.95. The van der Waals surface area contributed by atoms with Gasteiger partial charge in [-0.3, -0.25) is 4.57 Å². The molecular formula is C20H23FN6. The first-order valence-corrected chi connectivity index (χ1v) is 8.97. The Morgan fingerprint density at radius 1 is 1.11 bits per heavy atom. The summed E-state index contributed by atoms with van der Waals surface area (Å²) in [5.41, 5.74) is 1.94. The summed E-state index contributed by atoms with van der Waals surface area (Å²) in [5, 5.41) is 14.6. The minimum atomic E-state index is -0.215. The van der Waals surface area contributed by atoms with Crippen LogP contribution < -0.4 is 10.6 Å². The van der Waals surface area contributed by atoms with Crippen molar-refractivity contribution in [3.8, 4) is 5.69 Å². The predicted octanol–water partition coefficient (Wildman–Crippen LogP) is 2.70. The van der Waals surface area contributed by atoms with Crippen LogP contribution in [0.5, 0.6) is 0 Å². The van der Waals surface area contributed by atoms with E-state index in [2.05, 4.69) is 25.8 Å². The van der Waals surface area contributed by atoms with Gasteiger partial charge in [-0.05, 0) is 43.2 Å². The summed E-state index contributed by atoms with van der Waals surface area (Å²) in [6.07, 6.45) is 2.40. The number of guanidine groups is 1. The van der Waals surface area contributed by atoms with Crippen LogP contribution in [0.15, 0.2) is 65.9 Å². The van der Waals surface area contributed by atoms with E-state index in [9.17, 15) is 4.39 Å². The number of halogens is 1. The molecule has 0 bridgehead atoms. The van der Waals surface area contributed by atoms with E-state index >= 15 is 0 Å². The summed E-state index contributed by atoms with van der Waals surface area (Å²) in [5.74, 6) is 1.23. The first-order chi connectivity index (χ1) is 13.3. The number of rotatable bonds is 7. The van der Waals surface area contributed by atoms with Crippen LogP contribution in [-0.4, -0.2) is 33.8 Å². The van der Waals surface area contributed by atoms with Gasteiger partial charge >= 0.3 is 0 Å². The number of hydrogen-bond acceptors (Lipinski definition) is 3. The molecule has 0 amide bonds. The fraction of sp³-hybridized carbons (Fsp3) is 0.250. The van der Waals surface area contributed by atoms with Crippen LogP contribution >= 0.6 is 0 Å². The van der Waals surface area contributed by atoms with E-state index in [1.807, 2.05) is 47.9 Å². The summed E-state index contributed by atoms with van der Waals surface area (Å²) >= 11 is 0. The SMILES string of the molecule is CCNC(=NCc1nncn1-c1ccccc1)NCCc1cccc(F)c1. The molecule has 6 nitrogen and oxygen atoms in total. The Morgan fingerprint density at radius 2 is 1.96 bits per heavy atom. The van der Waals surface area contributed by atoms with E-state index in [0.717, 1.165) is 23.6 Å². The van der Waals surface area contributed by atoms with Crippen molar-refractivity contribution in [1.29, 1.82) is 0 Å². The Bertz CT molecular complexity index is 875. The van der Waals surface area contributed by atoms with Crippen LogP contribution in [0.3, 0.4) is 0 Å². The molecular weight excluding hydrogens is 343 g/mol. The van der Waals surface area contributed by atoms with Crippen LogP contribution in [0.25, 0.3) is 5.69 Å². The van der Waals surface area contributed by atoms with Gasteiger partial charge in [0.05, 0.1) is 0 Å². The van der Waals surface area contributed by atoms with E-state index in [1.165, 1.54) is 6.07 Å². The summed E-state index contributed by atoms with van der Waals surface area (Å²) in [6.45, 7) is 3.80. The van der Waals surface area contributed by atoms with E-state index in [-0.39, 0.29) is 5.82 Å². The van der Waals surface area contributed by atoms with E-state index in [1.54, 1.807) is 18.5 Å². The maximum atomic E-state index is 13.3. The largest absolute Gasteiger partial charge is 0.357 e.